The van der Waals surface area contributed by atoms with E-state index in [1.54, 1.807) is 12.1 Å². The maximum Gasteiger partial charge on any atom is 0.126 e. The van der Waals surface area contributed by atoms with E-state index in [4.69, 9.17) is 5.73 Å². The van der Waals surface area contributed by atoms with Crippen LogP contribution in [0.2, 0.25) is 0 Å². The van der Waals surface area contributed by atoms with Gasteiger partial charge in [0.2, 0.25) is 0 Å². The van der Waals surface area contributed by atoms with Gasteiger partial charge in [-0.3, -0.25) is 0 Å². The number of benzene rings is 1. The Balaban J connectivity index is 2.13. The van der Waals surface area contributed by atoms with Gasteiger partial charge in [-0.15, -0.1) is 0 Å². The molecule has 94 valence electrons. The third-order valence-electron chi connectivity index (χ3n) is 4.34. The highest BCUT2D eigenvalue weighted by Gasteiger charge is 2.37. The molecule has 1 fully saturated rings. The summed E-state index contributed by atoms with van der Waals surface area (Å²) in [6.45, 7) is 2.91. The Bertz CT molecular complexity index is 377. The lowest BCUT2D eigenvalue weighted by molar-refractivity contribution is 0.287. The number of hydrogen-bond donors (Lipinski definition) is 1. The predicted molar refractivity (Wildman–Crippen MR) is 69.2 cm³/mol. The standard InChI is InChI=1S/C15H22FN/c1-2-12-7-8-15(9-12,11-17)10-13-5-3-4-6-14(13)16/h3-6,12H,2,7-11,17H2,1H3. The fourth-order valence-corrected chi connectivity index (χ4v) is 3.14. The van der Waals surface area contributed by atoms with Crippen molar-refractivity contribution in [3.63, 3.8) is 0 Å². The van der Waals surface area contributed by atoms with Crippen molar-refractivity contribution < 1.29 is 4.39 Å². The van der Waals surface area contributed by atoms with Gasteiger partial charge in [-0.2, -0.15) is 0 Å². The van der Waals surface area contributed by atoms with Crippen molar-refractivity contribution >= 4 is 0 Å². The molecule has 1 saturated carbocycles. The van der Waals surface area contributed by atoms with Crippen LogP contribution in [0.5, 0.6) is 0 Å². The van der Waals surface area contributed by atoms with Gasteiger partial charge in [0.15, 0.2) is 0 Å². The molecule has 2 N–H and O–H groups in total. The largest absolute Gasteiger partial charge is 0.330 e. The lowest BCUT2D eigenvalue weighted by Crippen LogP contribution is -2.30. The minimum absolute atomic E-state index is 0.0831. The molecule has 0 aliphatic heterocycles. The van der Waals surface area contributed by atoms with E-state index in [0.717, 1.165) is 30.7 Å². The molecule has 2 heteroatoms. The summed E-state index contributed by atoms with van der Waals surface area (Å²) in [5, 5.41) is 0. The molecule has 0 bridgehead atoms. The Morgan fingerprint density at radius 1 is 1.41 bits per heavy atom. The van der Waals surface area contributed by atoms with Crippen molar-refractivity contribution in [2.75, 3.05) is 6.54 Å². The van der Waals surface area contributed by atoms with E-state index in [1.165, 1.54) is 12.8 Å². The third-order valence-corrected chi connectivity index (χ3v) is 4.34. The van der Waals surface area contributed by atoms with E-state index in [-0.39, 0.29) is 11.2 Å². The minimum Gasteiger partial charge on any atom is -0.330 e. The van der Waals surface area contributed by atoms with Crippen LogP contribution in [0, 0.1) is 17.2 Å². The van der Waals surface area contributed by atoms with Crippen LogP contribution in [0.15, 0.2) is 24.3 Å². The first-order valence-corrected chi connectivity index (χ1v) is 6.62. The lowest BCUT2D eigenvalue weighted by Gasteiger charge is -2.28. The van der Waals surface area contributed by atoms with Gasteiger partial charge in [-0.25, -0.2) is 4.39 Å². The van der Waals surface area contributed by atoms with Crippen LogP contribution in [0.4, 0.5) is 4.39 Å². The summed E-state index contributed by atoms with van der Waals surface area (Å²) in [4.78, 5) is 0. The molecular formula is C15H22FN. The van der Waals surface area contributed by atoms with E-state index in [0.29, 0.717) is 6.54 Å². The molecular weight excluding hydrogens is 213 g/mol. The van der Waals surface area contributed by atoms with Crippen molar-refractivity contribution in [3.8, 4) is 0 Å². The van der Waals surface area contributed by atoms with E-state index in [1.807, 2.05) is 12.1 Å². The second-order valence-electron chi connectivity index (χ2n) is 5.49. The van der Waals surface area contributed by atoms with Crippen LogP contribution in [-0.2, 0) is 6.42 Å². The molecule has 17 heavy (non-hydrogen) atoms. The van der Waals surface area contributed by atoms with Gasteiger partial charge in [-0.05, 0) is 55.2 Å². The van der Waals surface area contributed by atoms with Crippen LogP contribution < -0.4 is 5.73 Å². The molecule has 1 nitrogen and oxygen atoms in total. The average molecular weight is 235 g/mol. The molecule has 0 saturated heterocycles. The molecule has 2 rings (SSSR count). The maximum absolute atomic E-state index is 13.7. The SMILES string of the molecule is CCC1CCC(CN)(Cc2ccccc2F)C1. The fraction of sp³-hybridized carbons (Fsp3) is 0.600. The zero-order chi connectivity index (χ0) is 12.3. The molecule has 2 atom stereocenters. The van der Waals surface area contributed by atoms with Crippen LogP contribution in [-0.4, -0.2) is 6.54 Å². The van der Waals surface area contributed by atoms with Crippen LogP contribution >= 0.6 is 0 Å². The van der Waals surface area contributed by atoms with Crippen molar-refractivity contribution in [1.82, 2.24) is 0 Å². The van der Waals surface area contributed by atoms with E-state index < -0.39 is 0 Å². The Morgan fingerprint density at radius 2 is 2.18 bits per heavy atom. The first kappa shape index (κ1) is 12.6. The van der Waals surface area contributed by atoms with Gasteiger partial charge in [0.25, 0.3) is 0 Å². The molecule has 0 heterocycles. The van der Waals surface area contributed by atoms with E-state index in [2.05, 4.69) is 6.92 Å². The van der Waals surface area contributed by atoms with Crippen LogP contribution in [0.25, 0.3) is 0 Å². The smallest absolute Gasteiger partial charge is 0.126 e. The monoisotopic (exact) mass is 235 g/mol. The molecule has 0 spiro atoms. The van der Waals surface area contributed by atoms with Gasteiger partial charge in [0, 0.05) is 0 Å². The topological polar surface area (TPSA) is 26.0 Å². The molecule has 0 radical (unpaired) electrons. The summed E-state index contributed by atoms with van der Waals surface area (Å²) in [6, 6.07) is 7.10. The average Bonchev–Trinajstić information content (AvgIpc) is 2.76. The Hall–Kier alpha value is -0.890. The third kappa shape index (κ3) is 2.68. The van der Waals surface area contributed by atoms with Crippen molar-refractivity contribution in [2.24, 2.45) is 17.1 Å². The lowest BCUT2D eigenvalue weighted by atomic mass is 9.79. The number of rotatable bonds is 4. The zero-order valence-corrected chi connectivity index (χ0v) is 10.6. The molecule has 0 aromatic heterocycles. The quantitative estimate of drug-likeness (QED) is 0.849. The number of halogens is 1. The normalized spacial score (nSPS) is 28.5. The molecule has 1 aliphatic carbocycles. The van der Waals surface area contributed by atoms with Crippen molar-refractivity contribution in [1.29, 1.82) is 0 Å². The first-order valence-electron chi connectivity index (χ1n) is 6.62. The summed E-state index contributed by atoms with van der Waals surface area (Å²) in [6.07, 6.45) is 5.58. The first-order chi connectivity index (χ1) is 8.19. The van der Waals surface area contributed by atoms with Gasteiger partial charge in [-0.1, -0.05) is 31.5 Å². The zero-order valence-electron chi connectivity index (χ0n) is 10.6. The maximum atomic E-state index is 13.7. The fourth-order valence-electron chi connectivity index (χ4n) is 3.14. The van der Waals surface area contributed by atoms with Crippen LogP contribution in [0.3, 0.4) is 0 Å². The summed E-state index contributed by atoms with van der Waals surface area (Å²) in [5.41, 5.74) is 6.93. The number of hydrogen-bond acceptors (Lipinski definition) is 1. The highest BCUT2D eigenvalue weighted by molar-refractivity contribution is 5.19. The summed E-state index contributed by atoms with van der Waals surface area (Å²) >= 11 is 0. The molecule has 0 amide bonds. The van der Waals surface area contributed by atoms with Gasteiger partial charge in [0.05, 0.1) is 0 Å². The van der Waals surface area contributed by atoms with Crippen molar-refractivity contribution in [2.45, 2.75) is 39.0 Å². The van der Waals surface area contributed by atoms with E-state index in [9.17, 15) is 4.39 Å². The molecule has 1 aromatic rings. The van der Waals surface area contributed by atoms with Gasteiger partial charge >= 0.3 is 0 Å². The van der Waals surface area contributed by atoms with Crippen LogP contribution in [0.1, 0.15) is 38.2 Å². The molecule has 1 aromatic carbocycles. The van der Waals surface area contributed by atoms with E-state index >= 15 is 0 Å². The second-order valence-corrected chi connectivity index (χ2v) is 5.49. The summed E-state index contributed by atoms with van der Waals surface area (Å²) in [7, 11) is 0. The van der Waals surface area contributed by atoms with Crippen molar-refractivity contribution in [3.05, 3.63) is 35.6 Å². The summed E-state index contributed by atoms with van der Waals surface area (Å²) in [5.74, 6) is 0.700. The minimum atomic E-state index is -0.0831. The highest BCUT2D eigenvalue weighted by Crippen LogP contribution is 2.44. The highest BCUT2D eigenvalue weighted by atomic mass is 19.1. The summed E-state index contributed by atoms with van der Waals surface area (Å²) < 4.78 is 13.7. The Morgan fingerprint density at radius 3 is 2.76 bits per heavy atom. The molecule has 1 aliphatic rings. The van der Waals surface area contributed by atoms with Gasteiger partial charge in [0.1, 0.15) is 5.82 Å². The predicted octanol–water partition coefficient (Wildman–Crippen LogP) is 3.52. The second kappa shape index (κ2) is 5.18. The number of nitrogens with two attached hydrogens (primary N) is 1. The Kier molecular flexibility index (Phi) is 3.82. The van der Waals surface area contributed by atoms with Gasteiger partial charge < -0.3 is 5.73 Å². The molecule has 2 unspecified atom stereocenters. The Labute approximate surface area is 103 Å².